The summed E-state index contributed by atoms with van der Waals surface area (Å²) in [7, 11) is 1.14. The molecule has 1 heterocycles. The van der Waals surface area contributed by atoms with E-state index in [4.69, 9.17) is 10.8 Å². The number of rotatable bonds is 3. The number of carbonyl (C=O) groups is 1. The lowest BCUT2D eigenvalue weighted by Crippen LogP contribution is -2.07. The van der Waals surface area contributed by atoms with Crippen molar-refractivity contribution in [2.24, 2.45) is 0 Å². The number of aromatic carboxylic acids is 1. The lowest BCUT2D eigenvalue weighted by molar-refractivity contribution is 0.0691. The van der Waals surface area contributed by atoms with Gasteiger partial charge in [0.25, 0.3) is 6.43 Å². The first-order valence-electron chi connectivity index (χ1n) is 3.83. The van der Waals surface area contributed by atoms with Gasteiger partial charge in [-0.15, -0.1) is 0 Å². The van der Waals surface area contributed by atoms with Crippen LogP contribution >= 0.6 is 0 Å². The second kappa shape index (κ2) is 4.07. The molecule has 0 fully saturated rings. The molecule has 0 saturated carbocycles. The van der Waals surface area contributed by atoms with E-state index in [-0.39, 0.29) is 17.1 Å². The van der Waals surface area contributed by atoms with Crippen LogP contribution in [0.15, 0.2) is 6.07 Å². The van der Waals surface area contributed by atoms with Crippen LogP contribution in [0, 0.1) is 0 Å². The first kappa shape index (κ1) is 11.2. The van der Waals surface area contributed by atoms with Crippen LogP contribution in [0.5, 0.6) is 5.88 Å². The maximum atomic E-state index is 12.3. The van der Waals surface area contributed by atoms with Crippen LogP contribution in [0.2, 0.25) is 0 Å². The second-order valence-corrected chi connectivity index (χ2v) is 2.63. The van der Waals surface area contributed by atoms with Gasteiger partial charge in [-0.1, -0.05) is 0 Å². The molecule has 7 heteroatoms. The molecule has 0 spiro atoms. The van der Waals surface area contributed by atoms with Crippen molar-refractivity contribution in [1.82, 2.24) is 4.98 Å². The van der Waals surface area contributed by atoms with Crippen LogP contribution in [0.25, 0.3) is 0 Å². The SMILES string of the molecule is COc1nc(C(F)F)c(N)cc1C(=O)O. The minimum Gasteiger partial charge on any atom is -0.480 e. The number of halogens is 2. The third-order valence-electron chi connectivity index (χ3n) is 1.68. The number of carboxylic acids is 1. The maximum absolute atomic E-state index is 12.3. The number of hydrogen-bond donors (Lipinski definition) is 2. The summed E-state index contributed by atoms with van der Waals surface area (Å²) in [6, 6.07) is 0.898. The normalized spacial score (nSPS) is 10.4. The molecular weight excluding hydrogens is 210 g/mol. The van der Waals surface area contributed by atoms with E-state index in [0.717, 1.165) is 13.2 Å². The monoisotopic (exact) mass is 218 g/mol. The number of hydrogen-bond acceptors (Lipinski definition) is 4. The molecule has 1 aromatic rings. The van der Waals surface area contributed by atoms with E-state index in [1.54, 1.807) is 0 Å². The molecule has 0 saturated heterocycles. The summed E-state index contributed by atoms with van der Waals surface area (Å²) < 4.78 is 29.2. The Morgan fingerprint density at radius 3 is 2.67 bits per heavy atom. The topological polar surface area (TPSA) is 85.4 Å². The van der Waals surface area contributed by atoms with Crippen molar-refractivity contribution in [3.8, 4) is 5.88 Å². The molecule has 3 N–H and O–H groups in total. The quantitative estimate of drug-likeness (QED) is 0.798. The van der Waals surface area contributed by atoms with Gasteiger partial charge in [-0.3, -0.25) is 0 Å². The molecule has 0 radical (unpaired) electrons. The molecule has 0 atom stereocenters. The zero-order valence-electron chi connectivity index (χ0n) is 7.70. The van der Waals surface area contributed by atoms with E-state index < -0.39 is 18.1 Å². The zero-order chi connectivity index (χ0) is 11.6. The highest BCUT2D eigenvalue weighted by molar-refractivity contribution is 5.91. The van der Waals surface area contributed by atoms with E-state index in [0.29, 0.717) is 0 Å². The summed E-state index contributed by atoms with van der Waals surface area (Å²) in [4.78, 5) is 14.0. The van der Waals surface area contributed by atoms with Gasteiger partial charge in [0.2, 0.25) is 5.88 Å². The van der Waals surface area contributed by atoms with Crippen molar-refractivity contribution in [3.63, 3.8) is 0 Å². The van der Waals surface area contributed by atoms with E-state index in [1.807, 2.05) is 0 Å². The third-order valence-corrected chi connectivity index (χ3v) is 1.68. The van der Waals surface area contributed by atoms with E-state index in [9.17, 15) is 13.6 Å². The molecule has 5 nitrogen and oxygen atoms in total. The highest BCUT2D eigenvalue weighted by Crippen LogP contribution is 2.28. The van der Waals surface area contributed by atoms with Crippen LogP contribution in [0.4, 0.5) is 14.5 Å². The molecular formula is C8H8F2N2O3. The van der Waals surface area contributed by atoms with Crippen molar-refractivity contribution < 1.29 is 23.4 Å². The molecule has 1 aromatic heterocycles. The van der Waals surface area contributed by atoms with Crippen LogP contribution in [-0.2, 0) is 0 Å². The first-order valence-corrected chi connectivity index (χ1v) is 3.83. The van der Waals surface area contributed by atoms with Crippen LogP contribution in [0.3, 0.4) is 0 Å². The Balaban J connectivity index is 3.35. The fourth-order valence-corrected chi connectivity index (χ4v) is 1.01. The summed E-state index contributed by atoms with van der Waals surface area (Å²) in [5.41, 5.74) is 3.82. The van der Waals surface area contributed by atoms with Crippen molar-refractivity contribution in [3.05, 3.63) is 17.3 Å². The van der Waals surface area contributed by atoms with Gasteiger partial charge in [0.15, 0.2) is 0 Å². The van der Waals surface area contributed by atoms with Crippen LogP contribution in [-0.4, -0.2) is 23.2 Å². The number of pyridine rings is 1. The van der Waals surface area contributed by atoms with Gasteiger partial charge in [0, 0.05) is 0 Å². The van der Waals surface area contributed by atoms with E-state index in [2.05, 4.69) is 9.72 Å². The van der Waals surface area contributed by atoms with Gasteiger partial charge in [-0.05, 0) is 6.07 Å². The molecule has 1 rings (SSSR count). The van der Waals surface area contributed by atoms with Crippen LogP contribution < -0.4 is 10.5 Å². The molecule has 0 aliphatic carbocycles. The number of nitrogens with two attached hydrogens (primary N) is 1. The van der Waals surface area contributed by atoms with Gasteiger partial charge < -0.3 is 15.6 Å². The van der Waals surface area contributed by atoms with E-state index in [1.165, 1.54) is 0 Å². The summed E-state index contributed by atoms with van der Waals surface area (Å²) >= 11 is 0. The molecule has 0 aromatic carbocycles. The van der Waals surface area contributed by atoms with Crippen molar-refractivity contribution in [2.45, 2.75) is 6.43 Å². The second-order valence-electron chi connectivity index (χ2n) is 2.63. The third kappa shape index (κ3) is 2.12. The average molecular weight is 218 g/mol. The number of ether oxygens (including phenoxy) is 1. The fraction of sp³-hybridized carbons (Fsp3) is 0.250. The minimum absolute atomic E-state index is 0.348. The zero-order valence-corrected chi connectivity index (χ0v) is 7.70. The first-order chi connectivity index (χ1) is 6.97. The predicted molar refractivity (Wildman–Crippen MR) is 47.1 cm³/mol. The summed E-state index contributed by atoms with van der Waals surface area (Å²) in [6.07, 6.45) is -2.87. The van der Waals surface area contributed by atoms with Crippen molar-refractivity contribution in [2.75, 3.05) is 12.8 Å². The van der Waals surface area contributed by atoms with Gasteiger partial charge >= 0.3 is 5.97 Å². The molecule has 15 heavy (non-hydrogen) atoms. The Morgan fingerprint density at radius 1 is 1.67 bits per heavy atom. The molecule has 0 aliphatic rings. The van der Waals surface area contributed by atoms with Gasteiger partial charge in [-0.25, -0.2) is 18.6 Å². The van der Waals surface area contributed by atoms with E-state index >= 15 is 0 Å². The Kier molecular flexibility index (Phi) is 3.03. The lowest BCUT2D eigenvalue weighted by atomic mass is 10.2. The number of alkyl halides is 2. The fourth-order valence-electron chi connectivity index (χ4n) is 1.01. The molecule has 0 amide bonds. The maximum Gasteiger partial charge on any atom is 0.341 e. The van der Waals surface area contributed by atoms with Crippen LogP contribution in [0.1, 0.15) is 22.5 Å². The number of methoxy groups -OCH3 is 1. The highest BCUT2D eigenvalue weighted by atomic mass is 19.3. The highest BCUT2D eigenvalue weighted by Gasteiger charge is 2.20. The summed E-state index contributed by atoms with van der Waals surface area (Å²) in [5.74, 6) is -1.72. The Bertz CT molecular complexity index is 396. The largest absolute Gasteiger partial charge is 0.480 e. The standard InChI is InChI=1S/C8H8F2N2O3/c1-15-7-3(8(13)14)2-4(11)5(12-7)6(9)10/h2,6H,11H2,1H3,(H,13,14). The smallest absolute Gasteiger partial charge is 0.341 e. The predicted octanol–water partition coefficient (Wildman–Crippen LogP) is 1.31. The van der Waals surface area contributed by atoms with Crippen molar-refractivity contribution in [1.29, 1.82) is 0 Å². The summed E-state index contributed by atoms with van der Waals surface area (Å²) in [5, 5.41) is 8.69. The van der Waals surface area contributed by atoms with Gasteiger partial charge in [0.1, 0.15) is 11.3 Å². The molecule has 82 valence electrons. The Hall–Kier alpha value is -1.92. The number of nitrogens with zero attached hydrogens (tertiary/aromatic N) is 1. The van der Waals surface area contributed by atoms with Gasteiger partial charge in [0.05, 0.1) is 12.8 Å². The Morgan fingerprint density at radius 2 is 2.27 bits per heavy atom. The number of carboxylic acid groups (broad SMARTS) is 1. The minimum atomic E-state index is -2.87. The number of anilines is 1. The summed E-state index contributed by atoms with van der Waals surface area (Å²) in [6.45, 7) is 0. The molecule has 0 unspecified atom stereocenters. The molecule has 0 aliphatic heterocycles. The van der Waals surface area contributed by atoms with Gasteiger partial charge in [-0.2, -0.15) is 0 Å². The average Bonchev–Trinajstić information content (AvgIpc) is 2.16. The number of nitrogen functional groups attached to an aromatic ring is 1. The Labute approximate surface area is 83.5 Å². The van der Waals surface area contributed by atoms with Crippen molar-refractivity contribution >= 4 is 11.7 Å². The lowest BCUT2D eigenvalue weighted by Gasteiger charge is -2.08. The molecule has 0 bridgehead atoms. The number of aromatic nitrogens is 1.